The highest BCUT2D eigenvalue weighted by Gasteiger charge is 2.20. The van der Waals surface area contributed by atoms with Crippen LogP contribution in [-0.4, -0.2) is 54.9 Å². The molecule has 8 nitrogen and oxygen atoms in total. The van der Waals surface area contributed by atoms with Crippen LogP contribution in [0.2, 0.25) is 0 Å². The maximum atomic E-state index is 13.2. The van der Waals surface area contributed by atoms with Crippen molar-refractivity contribution in [2.75, 3.05) is 31.0 Å². The number of anilines is 1. The smallest absolute Gasteiger partial charge is 0.263 e. The molecule has 0 bridgehead atoms. The van der Waals surface area contributed by atoms with Crippen molar-refractivity contribution >= 4 is 32.6 Å². The van der Waals surface area contributed by atoms with Gasteiger partial charge in [0.2, 0.25) is 11.0 Å². The highest BCUT2D eigenvalue weighted by molar-refractivity contribution is 7.93. The van der Waals surface area contributed by atoms with Crippen LogP contribution in [0, 0.1) is 5.82 Å². The molecule has 3 rings (SSSR count). The van der Waals surface area contributed by atoms with Gasteiger partial charge in [0.05, 0.1) is 11.5 Å². The van der Waals surface area contributed by atoms with Crippen molar-refractivity contribution in [3.8, 4) is 0 Å². The maximum Gasteiger partial charge on any atom is 0.263 e. The van der Waals surface area contributed by atoms with Gasteiger partial charge in [-0.15, -0.1) is 0 Å². The number of halogens is 1. The van der Waals surface area contributed by atoms with Gasteiger partial charge >= 0.3 is 0 Å². The van der Waals surface area contributed by atoms with Crippen molar-refractivity contribution in [3.63, 3.8) is 0 Å². The summed E-state index contributed by atoms with van der Waals surface area (Å²) in [7, 11) is -3.93. The maximum absolute atomic E-state index is 13.2. The predicted molar refractivity (Wildman–Crippen MR) is 88.2 cm³/mol. The van der Waals surface area contributed by atoms with Crippen LogP contribution in [0.3, 0.4) is 0 Å². The quantitative estimate of drug-likeness (QED) is 0.791. The van der Waals surface area contributed by atoms with Gasteiger partial charge in [-0.3, -0.25) is 9.52 Å². The molecular weight excluding hydrogens is 371 g/mol. The Bertz CT molecular complexity index is 871. The molecule has 0 spiro atoms. The summed E-state index contributed by atoms with van der Waals surface area (Å²) in [5, 5.41) is 0.0903. The number of carbonyl (C=O) groups excluding carboxylic acids is 1. The molecule has 25 heavy (non-hydrogen) atoms. The van der Waals surface area contributed by atoms with Crippen molar-refractivity contribution in [2.45, 2.75) is 11.3 Å². The minimum absolute atomic E-state index is 0.0726. The average Bonchev–Trinajstić information content (AvgIpc) is 3.01. The van der Waals surface area contributed by atoms with E-state index in [0.29, 0.717) is 31.9 Å². The number of carbonyl (C=O) groups is 1. The van der Waals surface area contributed by atoms with Gasteiger partial charge in [-0.1, -0.05) is 6.07 Å². The first-order valence-electron chi connectivity index (χ1n) is 7.40. The van der Waals surface area contributed by atoms with E-state index in [4.69, 9.17) is 4.74 Å². The standard InChI is InChI=1S/C14H15FN4O4S2/c15-10-2-1-3-11(8-10)25(21,22)18-14-16-12(17-24-14)4-5-19-6-7-23-9-13(19)20/h1-3,8H,4-7,9H2,(H,16,17,18). The summed E-state index contributed by atoms with van der Waals surface area (Å²) in [6.07, 6.45) is 0.407. The number of amides is 1. The number of sulfonamides is 1. The zero-order chi connectivity index (χ0) is 17.9. The van der Waals surface area contributed by atoms with Crippen LogP contribution >= 0.6 is 11.5 Å². The molecule has 2 aromatic rings. The molecule has 0 radical (unpaired) electrons. The summed E-state index contributed by atoms with van der Waals surface area (Å²) in [5.74, 6) is -0.300. The second-order valence-corrected chi connectivity index (χ2v) is 7.70. The van der Waals surface area contributed by atoms with E-state index >= 15 is 0 Å². The van der Waals surface area contributed by atoms with Gasteiger partial charge in [0.1, 0.15) is 18.2 Å². The van der Waals surface area contributed by atoms with Gasteiger partial charge in [0.25, 0.3) is 10.0 Å². The number of morpholine rings is 1. The second-order valence-electron chi connectivity index (χ2n) is 5.26. The van der Waals surface area contributed by atoms with E-state index in [1.165, 1.54) is 12.1 Å². The Labute approximate surface area is 147 Å². The third-order valence-corrected chi connectivity index (χ3v) is 5.62. The number of benzene rings is 1. The summed E-state index contributed by atoms with van der Waals surface area (Å²) in [4.78, 5) is 17.2. The number of ether oxygens (including phenoxy) is 1. The minimum Gasteiger partial charge on any atom is -0.370 e. The molecule has 0 unspecified atom stereocenters. The van der Waals surface area contributed by atoms with Gasteiger partial charge in [-0.05, 0) is 18.2 Å². The fraction of sp³-hybridized carbons (Fsp3) is 0.357. The Morgan fingerprint density at radius 2 is 2.24 bits per heavy atom. The molecule has 2 heterocycles. The van der Waals surface area contributed by atoms with E-state index in [9.17, 15) is 17.6 Å². The Hall–Kier alpha value is -2.11. The molecule has 1 amide bonds. The zero-order valence-corrected chi connectivity index (χ0v) is 14.6. The molecule has 1 aromatic heterocycles. The molecule has 0 aliphatic carbocycles. The third-order valence-electron chi connectivity index (χ3n) is 3.49. The summed E-state index contributed by atoms with van der Waals surface area (Å²) < 4.78 is 49.0. The van der Waals surface area contributed by atoms with Crippen molar-refractivity contribution in [3.05, 3.63) is 35.9 Å². The Morgan fingerprint density at radius 3 is 3.00 bits per heavy atom. The summed E-state index contributed by atoms with van der Waals surface area (Å²) >= 11 is 0.889. The third kappa shape index (κ3) is 4.50. The lowest BCUT2D eigenvalue weighted by molar-refractivity contribution is -0.142. The summed E-state index contributed by atoms with van der Waals surface area (Å²) in [5.41, 5.74) is 0. The molecule has 1 aliphatic heterocycles. The zero-order valence-electron chi connectivity index (χ0n) is 13.0. The van der Waals surface area contributed by atoms with Crippen LogP contribution in [0.15, 0.2) is 29.2 Å². The van der Waals surface area contributed by atoms with Gasteiger partial charge in [-0.25, -0.2) is 17.8 Å². The van der Waals surface area contributed by atoms with Crippen molar-refractivity contribution in [2.24, 2.45) is 0 Å². The minimum atomic E-state index is -3.93. The summed E-state index contributed by atoms with van der Waals surface area (Å²) in [6, 6.07) is 4.69. The molecule has 0 saturated carbocycles. The SMILES string of the molecule is O=C1COCCN1CCc1nsc(NS(=O)(=O)c2cccc(F)c2)n1. The molecule has 1 saturated heterocycles. The number of nitrogens with zero attached hydrogens (tertiary/aromatic N) is 3. The van der Waals surface area contributed by atoms with E-state index in [1.807, 2.05) is 0 Å². The highest BCUT2D eigenvalue weighted by atomic mass is 32.2. The topological polar surface area (TPSA) is 101 Å². The predicted octanol–water partition coefficient (Wildman–Crippen LogP) is 0.879. The molecule has 134 valence electrons. The highest BCUT2D eigenvalue weighted by Crippen LogP contribution is 2.18. The molecular formula is C14H15FN4O4S2. The lowest BCUT2D eigenvalue weighted by Crippen LogP contribution is -2.42. The van der Waals surface area contributed by atoms with Crippen LogP contribution in [0.1, 0.15) is 5.82 Å². The number of rotatable bonds is 6. The summed E-state index contributed by atoms with van der Waals surface area (Å²) in [6.45, 7) is 1.52. The molecule has 1 aromatic carbocycles. The van der Waals surface area contributed by atoms with Gasteiger partial charge < -0.3 is 9.64 Å². The molecule has 1 fully saturated rings. The van der Waals surface area contributed by atoms with E-state index in [1.54, 1.807) is 4.90 Å². The van der Waals surface area contributed by atoms with E-state index < -0.39 is 15.8 Å². The van der Waals surface area contributed by atoms with Crippen LogP contribution < -0.4 is 4.72 Å². The first-order chi connectivity index (χ1) is 11.9. The van der Waals surface area contributed by atoms with Crippen molar-refractivity contribution < 1.29 is 22.3 Å². The number of aromatic nitrogens is 2. The fourth-order valence-electron chi connectivity index (χ4n) is 2.23. The average molecular weight is 386 g/mol. The van der Waals surface area contributed by atoms with Gasteiger partial charge in [-0.2, -0.15) is 4.37 Å². The monoisotopic (exact) mass is 386 g/mol. The Balaban J connectivity index is 1.62. The van der Waals surface area contributed by atoms with Crippen LogP contribution in [0.4, 0.5) is 9.52 Å². The number of hydrogen-bond acceptors (Lipinski definition) is 7. The van der Waals surface area contributed by atoms with E-state index in [0.717, 1.165) is 23.7 Å². The van der Waals surface area contributed by atoms with E-state index in [-0.39, 0.29) is 22.5 Å². The molecule has 0 atom stereocenters. The Morgan fingerprint density at radius 1 is 1.40 bits per heavy atom. The molecule has 1 aliphatic rings. The second kappa shape index (κ2) is 7.42. The van der Waals surface area contributed by atoms with Gasteiger partial charge in [0.15, 0.2) is 0 Å². The van der Waals surface area contributed by atoms with Crippen LogP contribution in [-0.2, 0) is 26.0 Å². The fourth-order valence-corrected chi connectivity index (χ4v) is 4.09. The van der Waals surface area contributed by atoms with Crippen LogP contribution in [0.5, 0.6) is 0 Å². The largest absolute Gasteiger partial charge is 0.370 e. The van der Waals surface area contributed by atoms with Crippen LogP contribution in [0.25, 0.3) is 0 Å². The normalized spacial score (nSPS) is 15.4. The lowest BCUT2D eigenvalue weighted by Gasteiger charge is -2.26. The van der Waals surface area contributed by atoms with Crippen molar-refractivity contribution in [1.29, 1.82) is 0 Å². The number of nitrogens with one attached hydrogen (secondary N) is 1. The molecule has 11 heteroatoms. The van der Waals surface area contributed by atoms with E-state index in [2.05, 4.69) is 14.1 Å². The number of hydrogen-bond donors (Lipinski definition) is 1. The lowest BCUT2D eigenvalue weighted by atomic mass is 10.3. The van der Waals surface area contributed by atoms with Crippen molar-refractivity contribution in [1.82, 2.24) is 14.3 Å². The Kier molecular flexibility index (Phi) is 5.25. The van der Waals surface area contributed by atoms with Gasteiger partial charge in [0, 0.05) is 31.0 Å². The first-order valence-corrected chi connectivity index (χ1v) is 9.66. The first kappa shape index (κ1) is 17.7. The molecule has 1 N–H and O–H groups in total.